The van der Waals surface area contributed by atoms with Gasteiger partial charge in [0.15, 0.2) is 12.3 Å². The number of pyridine rings is 1. The number of fused-ring (bicyclic) bond motifs is 1. The van der Waals surface area contributed by atoms with Crippen LogP contribution in [0.5, 0.6) is 6.01 Å². The lowest BCUT2D eigenvalue weighted by atomic mass is 10.0. The second-order valence-corrected chi connectivity index (χ2v) is 6.87. The van der Waals surface area contributed by atoms with E-state index in [4.69, 9.17) is 11.6 Å². The van der Waals surface area contributed by atoms with E-state index < -0.39 is 24.5 Å². The summed E-state index contributed by atoms with van der Waals surface area (Å²) < 4.78 is 43.1. The molecule has 4 aromatic rings. The minimum absolute atomic E-state index is 0.0246. The van der Waals surface area contributed by atoms with Gasteiger partial charge in [0.1, 0.15) is 5.69 Å². The van der Waals surface area contributed by atoms with Crippen LogP contribution in [0.1, 0.15) is 5.56 Å². The summed E-state index contributed by atoms with van der Waals surface area (Å²) in [5, 5.41) is 4.80. The van der Waals surface area contributed by atoms with Crippen molar-refractivity contribution in [2.75, 3.05) is 6.61 Å². The molecule has 0 unspecified atom stereocenters. The van der Waals surface area contributed by atoms with Gasteiger partial charge in [0, 0.05) is 11.2 Å². The monoisotopic (exact) mass is 435 g/mol. The minimum atomic E-state index is -4.58. The van der Waals surface area contributed by atoms with Gasteiger partial charge in [0.2, 0.25) is 0 Å². The fourth-order valence-corrected chi connectivity index (χ4v) is 2.99. The number of benzene rings is 1. The Labute approximate surface area is 172 Å². The normalized spacial score (nSPS) is 11.8. The molecule has 4 rings (SSSR count). The van der Waals surface area contributed by atoms with Crippen LogP contribution in [0.25, 0.3) is 28.2 Å². The zero-order valence-electron chi connectivity index (χ0n) is 15.4. The summed E-state index contributed by atoms with van der Waals surface area (Å²) in [4.78, 5) is 23.0. The summed E-state index contributed by atoms with van der Waals surface area (Å²) in [5.74, 6) is 0. The third-order valence-corrected chi connectivity index (χ3v) is 4.39. The Morgan fingerprint density at radius 3 is 2.60 bits per heavy atom. The average Bonchev–Trinajstić information content (AvgIpc) is 3.07. The molecule has 0 bridgehead atoms. The van der Waals surface area contributed by atoms with Crippen LogP contribution in [0, 0.1) is 6.92 Å². The Morgan fingerprint density at radius 2 is 1.93 bits per heavy atom. The number of aromatic amines is 1. The van der Waals surface area contributed by atoms with E-state index in [9.17, 15) is 18.0 Å². The third-order valence-electron chi connectivity index (χ3n) is 4.14. The fraction of sp³-hybridized carbons (Fsp3) is 0.158. The molecule has 0 aliphatic rings. The van der Waals surface area contributed by atoms with Gasteiger partial charge in [0.25, 0.3) is 6.01 Å². The number of ether oxygens (including phenoxy) is 1. The van der Waals surface area contributed by atoms with Crippen molar-refractivity contribution in [1.29, 1.82) is 0 Å². The van der Waals surface area contributed by atoms with Crippen molar-refractivity contribution in [2.24, 2.45) is 0 Å². The van der Waals surface area contributed by atoms with Crippen LogP contribution in [0.4, 0.5) is 13.2 Å². The van der Waals surface area contributed by atoms with Crippen LogP contribution in [-0.2, 0) is 0 Å². The highest BCUT2D eigenvalue weighted by Crippen LogP contribution is 2.34. The fourth-order valence-electron chi connectivity index (χ4n) is 2.87. The molecule has 0 radical (unpaired) electrons. The highest BCUT2D eigenvalue weighted by molar-refractivity contribution is 6.30. The van der Waals surface area contributed by atoms with E-state index in [0.29, 0.717) is 27.5 Å². The summed E-state index contributed by atoms with van der Waals surface area (Å²) in [6, 6.07) is 9.68. The average molecular weight is 436 g/mol. The number of hydrogen-bond acceptors (Lipinski definition) is 5. The summed E-state index contributed by atoms with van der Waals surface area (Å²) in [6.45, 7) is 0.278. The molecule has 0 fully saturated rings. The van der Waals surface area contributed by atoms with E-state index in [1.165, 1.54) is 0 Å². The van der Waals surface area contributed by atoms with Crippen LogP contribution < -0.4 is 10.4 Å². The van der Waals surface area contributed by atoms with Crippen molar-refractivity contribution in [3.05, 3.63) is 63.7 Å². The topological polar surface area (TPSA) is 85.2 Å². The van der Waals surface area contributed by atoms with Crippen LogP contribution in [0.3, 0.4) is 0 Å². The number of aryl methyl sites for hydroxylation is 1. The summed E-state index contributed by atoms with van der Waals surface area (Å²) in [7, 11) is 0. The molecular weight excluding hydrogens is 423 g/mol. The van der Waals surface area contributed by atoms with Gasteiger partial charge in [-0.2, -0.15) is 27.8 Å². The highest BCUT2D eigenvalue weighted by Gasteiger charge is 2.29. The smallest absolute Gasteiger partial charge is 0.422 e. The van der Waals surface area contributed by atoms with Gasteiger partial charge in [-0.25, -0.2) is 4.79 Å². The quantitative estimate of drug-likeness (QED) is 0.522. The Morgan fingerprint density at radius 1 is 1.20 bits per heavy atom. The number of nitrogens with zero attached hydrogens (tertiary/aromatic N) is 4. The van der Waals surface area contributed by atoms with Crippen LogP contribution >= 0.6 is 11.6 Å². The first-order valence-corrected chi connectivity index (χ1v) is 9.00. The molecule has 0 amide bonds. The first-order chi connectivity index (χ1) is 14.2. The van der Waals surface area contributed by atoms with Crippen molar-refractivity contribution >= 4 is 17.2 Å². The van der Waals surface area contributed by atoms with Crippen LogP contribution in [0.15, 0.2) is 47.4 Å². The van der Waals surface area contributed by atoms with Crippen molar-refractivity contribution in [3.8, 4) is 28.5 Å². The molecule has 0 aliphatic heterocycles. The summed E-state index contributed by atoms with van der Waals surface area (Å²) in [6.07, 6.45) is -2.99. The van der Waals surface area contributed by atoms with Gasteiger partial charge in [-0.1, -0.05) is 23.7 Å². The lowest BCUT2D eigenvalue weighted by Crippen LogP contribution is -2.24. The summed E-state index contributed by atoms with van der Waals surface area (Å²) in [5.41, 5.74) is 1.97. The largest absolute Gasteiger partial charge is 0.455 e. The number of aromatic nitrogens is 5. The lowest BCUT2D eigenvalue weighted by molar-refractivity contribution is -0.154. The van der Waals surface area contributed by atoms with Gasteiger partial charge in [-0.15, -0.1) is 0 Å². The molecule has 3 aromatic heterocycles. The van der Waals surface area contributed by atoms with Gasteiger partial charge in [0.05, 0.1) is 11.3 Å². The van der Waals surface area contributed by atoms with Gasteiger partial charge in [-0.05, 0) is 42.3 Å². The Bertz CT molecular complexity index is 1280. The first kappa shape index (κ1) is 19.9. The maximum atomic E-state index is 12.5. The van der Waals surface area contributed by atoms with Gasteiger partial charge in [-0.3, -0.25) is 9.97 Å². The number of H-pyrrole nitrogens is 1. The molecule has 1 aromatic carbocycles. The number of alkyl halides is 3. The molecule has 0 aliphatic carbocycles. The SMILES string of the molecule is Cc1ccnc(-c2nn3c(=O)[nH]c(OCC(F)(F)F)nc3c2-c2ccc(Cl)cc2)c1. The van der Waals surface area contributed by atoms with E-state index in [0.717, 1.165) is 10.1 Å². The number of halogens is 4. The Balaban J connectivity index is 1.96. The molecule has 30 heavy (non-hydrogen) atoms. The zero-order chi connectivity index (χ0) is 21.5. The molecule has 0 saturated heterocycles. The first-order valence-electron chi connectivity index (χ1n) is 8.63. The van der Waals surface area contributed by atoms with Crippen molar-refractivity contribution in [2.45, 2.75) is 13.1 Å². The molecule has 0 saturated carbocycles. The standard InChI is InChI=1S/C19H13ClF3N5O2/c1-10-6-7-24-13(8-10)15-14(11-2-4-12(20)5-3-11)16-25-17(30-9-19(21,22)23)26-18(29)28(16)27-15/h2-8H,9H2,1H3,(H,25,26,29). The Hall–Kier alpha value is -3.40. The third kappa shape index (κ3) is 3.99. The van der Waals surface area contributed by atoms with Crippen LogP contribution in [0.2, 0.25) is 5.02 Å². The second-order valence-electron chi connectivity index (χ2n) is 6.44. The zero-order valence-corrected chi connectivity index (χ0v) is 16.1. The van der Waals surface area contributed by atoms with Gasteiger partial charge >= 0.3 is 11.9 Å². The highest BCUT2D eigenvalue weighted by atomic mass is 35.5. The lowest BCUT2D eigenvalue weighted by Gasteiger charge is -2.08. The minimum Gasteiger partial charge on any atom is -0.455 e. The number of hydrogen-bond donors (Lipinski definition) is 1. The van der Waals surface area contributed by atoms with Crippen molar-refractivity contribution in [3.63, 3.8) is 0 Å². The maximum absolute atomic E-state index is 12.5. The van der Waals surface area contributed by atoms with Crippen molar-refractivity contribution < 1.29 is 17.9 Å². The molecule has 0 atom stereocenters. The predicted molar refractivity (Wildman–Crippen MR) is 104 cm³/mol. The molecule has 1 N–H and O–H groups in total. The van der Waals surface area contributed by atoms with E-state index in [-0.39, 0.29) is 5.65 Å². The predicted octanol–water partition coefficient (Wildman–Crippen LogP) is 4.05. The van der Waals surface area contributed by atoms with E-state index in [1.54, 1.807) is 42.6 Å². The Kier molecular flexibility index (Phi) is 4.94. The molecular formula is C19H13ClF3N5O2. The molecule has 3 heterocycles. The van der Waals surface area contributed by atoms with Gasteiger partial charge < -0.3 is 4.74 Å². The van der Waals surface area contributed by atoms with Crippen molar-refractivity contribution in [1.82, 2.24) is 24.6 Å². The van der Waals surface area contributed by atoms with E-state index in [1.807, 2.05) is 6.92 Å². The van der Waals surface area contributed by atoms with E-state index in [2.05, 4.69) is 24.8 Å². The molecule has 7 nitrogen and oxygen atoms in total. The van der Waals surface area contributed by atoms with E-state index >= 15 is 0 Å². The van der Waals surface area contributed by atoms with Crippen LogP contribution in [-0.4, -0.2) is 37.3 Å². The second kappa shape index (κ2) is 7.45. The molecule has 154 valence electrons. The number of rotatable bonds is 4. The molecule has 11 heteroatoms. The molecule has 0 spiro atoms. The summed E-state index contributed by atoms with van der Waals surface area (Å²) >= 11 is 5.97. The number of nitrogens with one attached hydrogen (secondary N) is 1. The maximum Gasteiger partial charge on any atom is 0.422 e.